The molecule has 0 radical (unpaired) electrons. The lowest BCUT2D eigenvalue weighted by Gasteiger charge is -2.23. The fraction of sp³-hybridized carbons (Fsp3) is 0.919. The van der Waals surface area contributed by atoms with Crippen molar-refractivity contribution in [1.82, 2.24) is 0 Å². The van der Waals surface area contributed by atoms with Gasteiger partial charge in [0, 0.05) is 12.0 Å². The van der Waals surface area contributed by atoms with Crippen LogP contribution in [-0.2, 0) is 14.3 Å². The highest BCUT2D eigenvalue weighted by atomic mass is 16.5. The number of carbonyl (C=O) groups excluding carboxylic acids is 1. The van der Waals surface area contributed by atoms with Gasteiger partial charge in [-0.2, -0.15) is 0 Å². The summed E-state index contributed by atoms with van der Waals surface area (Å²) >= 11 is 0. The number of hydrogen-bond acceptors (Lipinski definition) is 6. The molecule has 252 valence electrons. The number of rotatable bonds is 28. The standard InChI is InChI=1S/C37H68O6/c1-3-4-5-6-7-11-16-19-22-25-33(39)35-26-27-36(43-35)34(40)29-32(38)24-21-18-15-13-10-8-9-12-14-17-20-23-31-28-30(2)42-37(31)41/h28,30,32-36,38-40H,3-27,29H2,1-2H3/t30-,32-,33-,34+,35+,36+/m0/s1. The number of unbranched alkanes of at least 4 members (excludes halogenated alkanes) is 18. The van der Waals surface area contributed by atoms with Crippen LogP contribution in [-0.4, -0.2) is 57.9 Å². The van der Waals surface area contributed by atoms with E-state index >= 15 is 0 Å². The summed E-state index contributed by atoms with van der Waals surface area (Å²) in [5, 5.41) is 31.7. The first-order valence-electron chi connectivity index (χ1n) is 18.5. The van der Waals surface area contributed by atoms with Crippen LogP contribution in [0, 0.1) is 0 Å². The molecular weight excluding hydrogens is 540 g/mol. The van der Waals surface area contributed by atoms with Gasteiger partial charge in [0.2, 0.25) is 0 Å². The van der Waals surface area contributed by atoms with Crippen molar-refractivity contribution in [2.45, 2.75) is 217 Å². The summed E-state index contributed by atoms with van der Waals surface area (Å²) in [5.74, 6) is -0.122. The summed E-state index contributed by atoms with van der Waals surface area (Å²) in [5.41, 5.74) is 0.864. The molecule has 0 aromatic heterocycles. The zero-order valence-corrected chi connectivity index (χ0v) is 28.0. The fourth-order valence-electron chi connectivity index (χ4n) is 6.76. The van der Waals surface area contributed by atoms with E-state index in [-0.39, 0.29) is 24.3 Å². The Bertz CT molecular complexity index is 724. The number of carbonyl (C=O) groups is 1. The third-order valence-electron chi connectivity index (χ3n) is 9.54. The summed E-state index contributed by atoms with van der Waals surface area (Å²) in [7, 11) is 0. The first-order chi connectivity index (χ1) is 20.9. The molecule has 0 aromatic carbocycles. The number of esters is 1. The predicted octanol–water partition coefficient (Wildman–Crippen LogP) is 8.87. The van der Waals surface area contributed by atoms with E-state index in [2.05, 4.69) is 6.92 Å². The molecule has 6 heteroatoms. The Balaban J connectivity index is 1.36. The molecule has 43 heavy (non-hydrogen) atoms. The minimum absolute atomic E-state index is 0.0501. The van der Waals surface area contributed by atoms with Gasteiger partial charge in [0.25, 0.3) is 0 Å². The average molecular weight is 609 g/mol. The number of aliphatic hydroxyl groups is 3. The van der Waals surface area contributed by atoms with Crippen molar-refractivity contribution in [2.24, 2.45) is 0 Å². The Morgan fingerprint density at radius 1 is 0.674 bits per heavy atom. The zero-order chi connectivity index (χ0) is 31.1. The van der Waals surface area contributed by atoms with Crippen LogP contribution < -0.4 is 0 Å². The topological polar surface area (TPSA) is 96.2 Å². The number of ether oxygens (including phenoxy) is 2. The van der Waals surface area contributed by atoms with Gasteiger partial charge in [0.1, 0.15) is 6.10 Å². The van der Waals surface area contributed by atoms with Crippen LogP contribution in [0.5, 0.6) is 0 Å². The van der Waals surface area contributed by atoms with Crippen molar-refractivity contribution >= 4 is 5.97 Å². The number of aliphatic hydroxyl groups excluding tert-OH is 3. The largest absolute Gasteiger partial charge is 0.455 e. The van der Waals surface area contributed by atoms with Gasteiger partial charge < -0.3 is 24.8 Å². The highest BCUT2D eigenvalue weighted by Gasteiger charge is 2.35. The van der Waals surface area contributed by atoms with E-state index in [1.807, 2.05) is 13.0 Å². The Morgan fingerprint density at radius 2 is 1.14 bits per heavy atom. The first-order valence-corrected chi connectivity index (χ1v) is 18.5. The molecule has 1 fully saturated rings. The molecule has 6 nitrogen and oxygen atoms in total. The van der Waals surface area contributed by atoms with Gasteiger partial charge in [0.05, 0.1) is 30.5 Å². The third kappa shape index (κ3) is 18.0. The average Bonchev–Trinajstić information content (AvgIpc) is 3.60. The van der Waals surface area contributed by atoms with Gasteiger partial charge >= 0.3 is 5.97 Å². The monoisotopic (exact) mass is 609 g/mol. The van der Waals surface area contributed by atoms with Crippen molar-refractivity contribution in [3.05, 3.63) is 11.6 Å². The van der Waals surface area contributed by atoms with Gasteiger partial charge in [-0.1, -0.05) is 129 Å². The van der Waals surface area contributed by atoms with Crippen LogP contribution >= 0.6 is 0 Å². The Labute approximate surface area is 264 Å². The van der Waals surface area contributed by atoms with E-state index in [0.717, 1.165) is 63.4 Å². The van der Waals surface area contributed by atoms with E-state index in [1.54, 1.807) is 0 Å². The highest BCUT2D eigenvalue weighted by Crippen LogP contribution is 2.28. The fourth-order valence-corrected chi connectivity index (χ4v) is 6.76. The molecule has 0 amide bonds. The van der Waals surface area contributed by atoms with Crippen molar-refractivity contribution in [3.63, 3.8) is 0 Å². The van der Waals surface area contributed by atoms with Crippen LogP contribution in [0.4, 0.5) is 0 Å². The van der Waals surface area contributed by atoms with Crippen LogP contribution in [0.2, 0.25) is 0 Å². The molecule has 6 atom stereocenters. The molecule has 0 aromatic rings. The van der Waals surface area contributed by atoms with Crippen LogP contribution in [0.3, 0.4) is 0 Å². The molecule has 0 aliphatic carbocycles. The molecule has 3 N–H and O–H groups in total. The second kappa shape index (κ2) is 24.3. The van der Waals surface area contributed by atoms with Crippen molar-refractivity contribution in [3.8, 4) is 0 Å². The van der Waals surface area contributed by atoms with Crippen LogP contribution in [0.1, 0.15) is 181 Å². The summed E-state index contributed by atoms with van der Waals surface area (Å²) < 4.78 is 11.2. The molecule has 1 saturated heterocycles. The maximum Gasteiger partial charge on any atom is 0.334 e. The Morgan fingerprint density at radius 3 is 1.65 bits per heavy atom. The molecule has 2 heterocycles. The quantitative estimate of drug-likeness (QED) is 0.0606. The lowest BCUT2D eigenvalue weighted by molar-refractivity contribution is -0.139. The summed E-state index contributed by atoms with van der Waals surface area (Å²) in [6.45, 7) is 4.16. The number of hydrogen-bond donors (Lipinski definition) is 3. The summed E-state index contributed by atoms with van der Waals surface area (Å²) in [4.78, 5) is 11.6. The van der Waals surface area contributed by atoms with E-state index in [1.165, 1.54) is 103 Å². The van der Waals surface area contributed by atoms with E-state index in [4.69, 9.17) is 9.47 Å². The number of cyclic esters (lactones) is 1. The van der Waals surface area contributed by atoms with Gasteiger partial charge in [-0.05, 0) is 51.5 Å². The van der Waals surface area contributed by atoms with Crippen molar-refractivity contribution in [2.75, 3.05) is 0 Å². The highest BCUT2D eigenvalue weighted by molar-refractivity contribution is 5.90. The smallest absolute Gasteiger partial charge is 0.334 e. The molecule has 2 rings (SSSR count). The van der Waals surface area contributed by atoms with E-state index in [0.29, 0.717) is 6.42 Å². The molecule has 0 bridgehead atoms. The summed E-state index contributed by atoms with van der Waals surface area (Å²) in [6.07, 6.45) is 28.9. The Hall–Kier alpha value is -0.950. The van der Waals surface area contributed by atoms with Crippen molar-refractivity contribution < 1.29 is 29.6 Å². The van der Waals surface area contributed by atoms with Gasteiger partial charge in [0.15, 0.2) is 0 Å². The molecule has 0 saturated carbocycles. The predicted molar refractivity (Wildman–Crippen MR) is 176 cm³/mol. The third-order valence-corrected chi connectivity index (χ3v) is 9.54. The van der Waals surface area contributed by atoms with Gasteiger partial charge in [-0.3, -0.25) is 0 Å². The minimum Gasteiger partial charge on any atom is -0.455 e. The first kappa shape index (κ1) is 38.2. The maximum atomic E-state index is 11.6. The zero-order valence-electron chi connectivity index (χ0n) is 28.0. The van der Waals surface area contributed by atoms with E-state index < -0.39 is 18.3 Å². The van der Waals surface area contributed by atoms with E-state index in [9.17, 15) is 20.1 Å². The van der Waals surface area contributed by atoms with Gasteiger partial charge in [-0.15, -0.1) is 0 Å². The lowest BCUT2D eigenvalue weighted by Crippen LogP contribution is -2.33. The molecule has 0 spiro atoms. The van der Waals surface area contributed by atoms with Crippen molar-refractivity contribution in [1.29, 1.82) is 0 Å². The Kier molecular flexibility index (Phi) is 21.6. The normalized spacial score (nSPS) is 22.5. The molecular formula is C37H68O6. The molecule has 2 aliphatic rings. The molecule has 0 unspecified atom stereocenters. The van der Waals surface area contributed by atoms with Crippen LogP contribution in [0.25, 0.3) is 0 Å². The minimum atomic E-state index is -0.653. The van der Waals surface area contributed by atoms with Gasteiger partial charge in [-0.25, -0.2) is 4.79 Å². The lowest BCUT2D eigenvalue weighted by atomic mass is 9.98. The summed E-state index contributed by atoms with van der Waals surface area (Å²) in [6, 6.07) is 0. The SMILES string of the molecule is CCCCCCCCCCC[C@H](O)[C@H]1CC[C@H]([C@H](O)C[C@@H](O)CCCCCCCCCCCCCC2=C[C@H](C)OC2=O)O1. The van der Waals surface area contributed by atoms with Crippen LogP contribution in [0.15, 0.2) is 11.6 Å². The molecule has 2 aliphatic heterocycles. The maximum absolute atomic E-state index is 11.6. The second-order valence-electron chi connectivity index (χ2n) is 13.7. The second-order valence-corrected chi connectivity index (χ2v) is 13.7.